The lowest BCUT2D eigenvalue weighted by Crippen LogP contribution is -2.59. The number of aliphatic hydroxyl groups excluding tert-OH is 2. The average Bonchev–Trinajstić information content (AvgIpc) is 1.98. The Morgan fingerprint density at radius 1 is 1.50 bits per heavy atom. The van der Waals surface area contributed by atoms with E-state index in [9.17, 15) is 15.0 Å². The second-order valence-electron chi connectivity index (χ2n) is 3.02. The first-order chi connectivity index (χ1) is 5.61. The molecule has 0 aliphatic carbocycles. The van der Waals surface area contributed by atoms with Gasteiger partial charge in [-0.15, -0.1) is 0 Å². The van der Waals surface area contributed by atoms with E-state index in [4.69, 9.17) is 0 Å². The van der Waals surface area contributed by atoms with Crippen LogP contribution in [0.5, 0.6) is 0 Å². The van der Waals surface area contributed by atoms with Crippen molar-refractivity contribution in [2.24, 2.45) is 0 Å². The Hall–Kier alpha value is -0.650. The molecule has 0 spiro atoms. The second kappa shape index (κ2) is 3.84. The predicted octanol–water partition coefficient (Wildman–Crippen LogP) is -2.18. The molecule has 3 atom stereocenters. The molecule has 0 aromatic heterocycles. The zero-order valence-electron chi connectivity index (χ0n) is 6.95. The summed E-state index contributed by atoms with van der Waals surface area (Å²) in [6.45, 7) is 2.25. The number of carbonyl (C=O) groups excluding carboxylic acids is 1. The minimum Gasteiger partial charge on any atom is -0.389 e. The van der Waals surface area contributed by atoms with Crippen molar-refractivity contribution in [2.75, 3.05) is 13.1 Å². The standard InChI is InChI=1S/C7H14N2O3/c1-4(10)9-5-2-8-3-6(11)7(5)12/h5-8,11-12H,2-3H2,1H3,(H,9,10)/t5-,6+,7-/m0/s1. The van der Waals surface area contributed by atoms with Gasteiger partial charge in [-0.25, -0.2) is 0 Å². The summed E-state index contributed by atoms with van der Waals surface area (Å²) in [5, 5.41) is 24.0. The van der Waals surface area contributed by atoms with E-state index < -0.39 is 12.2 Å². The first kappa shape index (κ1) is 9.44. The molecule has 0 bridgehead atoms. The fourth-order valence-corrected chi connectivity index (χ4v) is 1.29. The van der Waals surface area contributed by atoms with Gasteiger partial charge >= 0.3 is 0 Å². The zero-order chi connectivity index (χ0) is 9.14. The van der Waals surface area contributed by atoms with Crippen molar-refractivity contribution >= 4 is 5.91 Å². The van der Waals surface area contributed by atoms with E-state index in [2.05, 4.69) is 10.6 Å². The van der Waals surface area contributed by atoms with Gasteiger partial charge in [0.25, 0.3) is 0 Å². The Bertz CT molecular complexity index is 174. The van der Waals surface area contributed by atoms with Crippen LogP contribution >= 0.6 is 0 Å². The highest BCUT2D eigenvalue weighted by molar-refractivity contribution is 5.73. The van der Waals surface area contributed by atoms with Gasteiger partial charge in [-0.3, -0.25) is 4.79 Å². The average molecular weight is 174 g/mol. The van der Waals surface area contributed by atoms with Crippen molar-refractivity contribution in [3.63, 3.8) is 0 Å². The largest absolute Gasteiger partial charge is 0.389 e. The molecule has 1 aliphatic heterocycles. The van der Waals surface area contributed by atoms with Crippen molar-refractivity contribution in [3.8, 4) is 0 Å². The van der Waals surface area contributed by atoms with Gasteiger partial charge in [-0.05, 0) is 0 Å². The van der Waals surface area contributed by atoms with Gasteiger partial charge in [0.1, 0.15) is 6.10 Å². The fraction of sp³-hybridized carbons (Fsp3) is 0.857. The first-order valence-corrected chi connectivity index (χ1v) is 3.95. The minimum absolute atomic E-state index is 0.199. The summed E-state index contributed by atoms with van der Waals surface area (Å²) in [7, 11) is 0. The molecule has 0 unspecified atom stereocenters. The van der Waals surface area contributed by atoms with Gasteiger partial charge in [-0.1, -0.05) is 0 Å². The highest BCUT2D eigenvalue weighted by atomic mass is 16.3. The van der Waals surface area contributed by atoms with Crippen LogP contribution in [0, 0.1) is 0 Å². The van der Waals surface area contributed by atoms with Crippen LogP contribution in [0.25, 0.3) is 0 Å². The van der Waals surface area contributed by atoms with Gasteiger partial charge in [0.15, 0.2) is 0 Å². The Kier molecular flexibility index (Phi) is 3.02. The van der Waals surface area contributed by atoms with Crippen LogP contribution in [-0.4, -0.2) is 47.5 Å². The van der Waals surface area contributed by atoms with Crippen molar-refractivity contribution in [2.45, 2.75) is 25.2 Å². The van der Waals surface area contributed by atoms with Gasteiger partial charge in [0.05, 0.1) is 12.1 Å². The molecule has 1 saturated heterocycles. The summed E-state index contributed by atoms with van der Waals surface area (Å²) in [6, 6.07) is -0.383. The Labute approximate surface area is 70.8 Å². The van der Waals surface area contributed by atoms with E-state index in [0.717, 1.165) is 0 Å². The van der Waals surface area contributed by atoms with Crippen LogP contribution < -0.4 is 10.6 Å². The van der Waals surface area contributed by atoms with Crippen LogP contribution in [-0.2, 0) is 4.79 Å². The number of amides is 1. The van der Waals surface area contributed by atoms with Gasteiger partial charge in [0, 0.05) is 20.0 Å². The molecule has 70 valence electrons. The molecule has 0 aromatic rings. The zero-order valence-corrected chi connectivity index (χ0v) is 6.95. The lowest BCUT2D eigenvalue weighted by atomic mass is 10.0. The van der Waals surface area contributed by atoms with Crippen LogP contribution in [0.4, 0.5) is 0 Å². The van der Waals surface area contributed by atoms with Crippen LogP contribution in [0.2, 0.25) is 0 Å². The predicted molar refractivity (Wildman–Crippen MR) is 42.5 cm³/mol. The molecule has 1 rings (SSSR count). The Morgan fingerprint density at radius 3 is 2.75 bits per heavy atom. The highest BCUT2D eigenvalue weighted by Gasteiger charge is 2.30. The lowest BCUT2D eigenvalue weighted by molar-refractivity contribution is -0.121. The van der Waals surface area contributed by atoms with E-state index >= 15 is 0 Å². The lowest BCUT2D eigenvalue weighted by Gasteiger charge is -2.32. The summed E-state index contributed by atoms with van der Waals surface area (Å²) >= 11 is 0. The summed E-state index contributed by atoms with van der Waals surface area (Å²) < 4.78 is 0. The van der Waals surface area contributed by atoms with E-state index in [1.807, 2.05) is 0 Å². The molecule has 1 aliphatic rings. The molecule has 0 radical (unpaired) electrons. The fourth-order valence-electron chi connectivity index (χ4n) is 1.29. The third-order valence-electron chi connectivity index (χ3n) is 1.91. The molecule has 0 aromatic carbocycles. The summed E-state index contributed by atoms with van der Waals surface area (Å²) in [6.07, 6.45) is -1.66. The van der Waals surface area contributed by atoms with Crippen molar-refractivity contribution in [3.05, 3.63) is 0 Å². The van der Waals surface area contributed by atoms with Crippen molar-refractivity contribution in [1.82, 2.24) is 10.6 Å². The molecule has 12 heavy (non-hydrogen) atoms. The number of hydrogen-bond donors (Lipinski definition) is 4. The maximum absolute atomic E-state index is 10.6. The SMILES string of the molecule is CC(=O)N[C@H]1CNC[C@@H](O)[C@H]1O. The Balaban J connectivity index is 2.46. The molecule has 4 N–H and O–H groups in total. The third kappa shape index (κ3) is 2.17. The number of β-amino-alcohol motifs (C(OH)–C–C–N with tert-alkyl or cyclic N) is 1. The molecular formula is C7H14N2O3. The van der Waals surface area contributed by atoms with Crippen LogP contribution in [0.1, 0.15) is 6.92 Å². The molecule has 1 heterocycles. The monoisotopic (exact) mass is 174 g/mol. The quantitative estimate of drug-likeness (QED) is 0.364. The smallest absolute Gasteiger partial charge is 0.217 e. The molecule has 5 nitrogen and oxygen atoms in total. The highest BCUT2D eigenvalue weighted by Crippen LogP contribution is 2.03. The third-order valence-corrected chi connectivity index (χ3v) is 1.91. The maximum Gasteiger partial charge on any atom is 0.217 e. The number of rotatable bonds is 1. The minimum atomic E-state index is -0.866. The van der Waals surface area contributed by atoms with E-state index in [0.29, 0.717) is 13.1 Å². The normalized spacial score (nSPS) is 36.1. The molecule has 0 saturated carbocycles. The second-order valence-corrected chi connectivity index (χ2v) is 3.02. The van der Waals surface area contributed by atoms with E-state index in [1.165, 1.54) is 6.92 Å². The summed E-state index contributed by atoms with van der Waals surface area (Å²) in [5.74, 6) is -0.199. The molecular weight excluding hydrogens is 160 g/mol. The van der Waals surface area contributed by atoms with Crippen LogP contribution in [0.15, 0.2) is 0 Å². The van der Waals surface area contributed by atoms with Crippen molar-refractivity contribution in [1.29, 1.82) is 0 Å². The van der Waals surface area contributed by atoms with Gasteiger partial charge in [0.2, 0.25) is 5.91 Å². The summed E-state index contributed by atoms with van der Waals surface area (Å²) in [5.41, 5.74) is 0. The number of piperidine rings is 1. The van der Waals surface area contributed by atoms with Gasteiger partial charge in [-0.2, -0.15) is 0 Å². The van der Waals surface area contributed by atoms with Crippen LogP contribution in [0.3, 0.4) is 0 Å². The molecule has 1 amide bonds. The van der Waals surface area contributed by atoms with Crippen molar-refractivity contribution < 1.29 is 15.0 Å². The number of nitrogens with one attached hydrogen (secondary N) is 2. The Morgan fingerprint density at radius 2 is 2.17 bits per heavy atom. The first-order valence-electron chi connectivity index (χ1n) is 3.95. The van der Waals surface area contributed by atoms with E-state index in [-0.39, 0.29) is 11.9 Å². The van der Waals surface area contributed by atoms with E-state index in [1.54, 1.807) is 0 Å². The number of aliphatic hydroxyl groups is 2. The van der Waals surface area contributed by atoms with Gasteiger partial charge < -0.3 is 20.8 Å². The summed E-state index contributed by atoms with van der Waals surface area (Å²) in [4.78, 5) is 10.6. The molecule has 1 fully saturated rings. The number of carbonyl (C=O) groups is 1. The molecule has 5 heteroatoms. The number of hydrogen-bond acceptors (Lipinski definition) is 4. The maximum atomic E-state index is 10.6. The topological polar surface area (TPSA) is 81.6 Å².